The number of benzene rings is 3. The largest absolute Gasteiger partial charge is 0.490 e. The van der Waals surface area contributed by atoms with Crippen molar-refractivity contribution in [2.24, 2.45) is 5.41 Å². The Labute approximate surface area is 413 Å². The first-order chi connectivity index (χ1) is 33.1. The van der Waals surface area contributed by atoms with E-state index in [-0.39, 0.29) is 60.4 Å². The molecule has 1 aliphatic carbocycles. The van der Waals surface area contributed by atoms with E-state index < -0.39 is 35.4 Å². The number of nitro benzene ring substituents is 1. The first kappa shape index (κ1) is 50.5. The summed E-state index contributed by atoms with van der Waals surface area (Å²) in [6.45, 7) is 12.7. The van der Waals surface area contributed by atoms with Crippen LogP contribution in [0.25, 0.3) is 10.4 Å². The average Bonchev–Trinajstić information content (AvgIpc) is 3.93. The summed E-state index contributed by atoms with van der Waals surface area (Å²) in [5.74, 6) is -0.330. The van der Waals surface area contributed by atoms with Crippen molar-refractivity contribution in [1.29, 1.82) is 0 Å². The third-order valence-electron chi connectivity index (χ3n) is 13.7. The van der Waals surface area contributed by atoms with Gasteiger partial charge in [-0.1, -0.05) is 68.9 Å². The van der Waals surface area contributed by atoms with E-state index in [0.29, 0.717) is 6.61 Å². The molecule has 0 bridgehead atoms. The van der Waals surface area contributed by atoms with Crippen LogP contribution in [-0.2, 0) is 30.3 Å². The van der Waals surface area contributed by atoms with E-state index in [1.807, 2.05) is 76.5 Å². The lowest BCUT2D eigenvalue weighted by Crippen LogP contribution is -2.58. The minimum Gasteiger partial charge on any atom is -0.490 e. The van der Waals surface area contributed by atoms with Crippen LogP contribution in [0.1, 0.15) is 107 Å². The summed E-state index contributed by atoms with van der Waals surface area (Å²) >= 11 is 3.15. The number of hydrogen-bond acceptors (Lipinski definition) is 13. The number of amides is 3. The Hall–Kier alpha value is -4.91. The van der Waals surface area contributed by atoms with Gasteiger partial charge in [-0.25, -0.2) is 4.98 Å². The van der Waals surface area contributed by atoms with Crippen molar-refractivity contribution in [1.82, 2.24) is 25.4 Å². The molecular weight excluding hydrogens is 917 g/mol. The molecule has 4 aromatic rings. The molecular formula is C52H66N6O9S2. The molecule has 4 atom stereocenters. The van der Waals surface area contributed by atoms with E-state index in [2.05, 4.69) is 32.7 Å². The Morgan fingerprint density at radius 3 is 2.35 bits per heavy atom. The van der Waals surface area contributed by atoms with Crippen LogP contribution >= 0.6 is 23.1 Å². The number of carbonyl (C=O) groups is 3. The summed E-state index contributed by atoms with van der Waals surface area (Å²) < 4.78 is 18.5. The Morgan fingerprint density at radius 1 is 0.928 bits per heavy atom. The lowest BCUT2D eigenvalue weighted by atomic mass is 9.85. The first-order valence-electron chi connectivity index (χ1n) is 24.4. The normalized spacial score (nSPS) is 21.4. The number of carbonyl (C=O) groups excluding carboxylic acids is 3. The number of nitrogens with zero attached hydrogens (tertiary/aromatic N) is 4. The molecule has 3 aromatic carbocycles. The molecule has 1 saturated carbocycles. The zero-order valence-electron chi connectivity index (χ0n) is 40.3. The predicted molar refractivity (Wildman–Crippen MR) is 265 cm³/mol. The van der Waals surface area contributed by atoms with Crippen LogP contribution in [0, 0.1) is 22.5 Å². The molecule has 15 nitrogen and oxygen atoms in total. The SMILES string of the molecule is Cc1ncsc1-c1ccc([C@H](C)NC(=O)[C@@H]2C[C@@H](O)CN2C(=O)[C@@H](NC(=O)COCCCCCN2CCC(OC3CC(Oc4ccc5c(c4)Sc4cc([N+](=O)[O-])ccc4C5)C3)CC2)C(C)(C)C)cc1. The second-order valence-electron chi connectivity index (χ2n) is 20.1. The molecule has 1 aromatic heterocycles. The topological polar surface area (TPSA) is 186 Å². The predicted octanol–water partition coefficient (Wildman–Crippen LogP) is 8.03. The molecule has 0 radical (unpaired) electrons. The number of fused-ring (bicyclic) bond motifs is 2. The van der Waals surface area contributed by atoms with Gasteiger partial charge in [0, 0.05) is 67.4 Å². The zero-order valence-corrected chi connectivity index (χ0v) is 42.0. The minimum absolute atomic E-state index is 0.00514. The number of aromatic nitrogens is 1. The maximum atomic E-state index is 14.1. The monoisotopic (exact) mass is 982 g/mol. The number of hydrogen-bond donors (Lipinski definition) is 3. The molecule has 370 valence electrons. The Bertz CT molecular complexity index is 2450. The lowest BCUT2D eigenvalue weighted by molar-refractivity contribution is -0.385. The standard InChI is InChI=1S/C52H66N6O9S2/c1-32(34-9-11-35(12-10-34)48-33(2)53-31-68-48)54-50(61)44-25-39(59)29-57(44)51(62)49(52(3,4)5)55-47(60)30-65-22-8-6-7-19-56-20-17-40(18-21-56)66-42-26-43(27-42)67-41-16-14-37-23-36-13-15-38(58(63)64)24-45(36)69-46(37)28-41/h9-16,24,28,31-32,39-40,42-44,49,59H,6-8,17-23,25-27,29-30H2,1-5H3,(H,54,61)(H,55,60)/t32-,39+,42?,43?,44-,49+/m0/s1. The highest BCUT2D eigenvalue weighted by molar-refractivity contribution is 7.99. The number of ether oxygens (including phenoxy) is 3. The second kappa shape index (κ2) is 22.4. The van der Waals surface area contributed by atoms with Gasteiger partial charge >= 0.3 is 0 Å². The molecule has 17 heteroatoms. The molecule has 3 N–H and O–H groups in total. The van der Waals surface area contributed by atoms with Crippen LogP contribution < -0.4 is 15.4 Å². The number of nitro groups is 1. The van der Waals surface area contributed by atoms with Gasteiger partial charge in [-0.2, -0.15) is 0 Å². The van der Waals surface area contributed by atoms with Crippen LogP contribution in [-0.4, -0.2) is 118 Å². The van der Waals surface area contributed by atoms with E-state index in [1.165, 1.54) is 10.5 Å². The van der Waals surface area contributed by atoms with Gasteiger partial charge in [-0.05, 0) is 98.7 Å². The number of aryl methyl sites for hydroxylation is 1. The number of aliphatic hydroxyl groups excluding tert-OH is 1. The zero-order chi connectivity index (χ0) is 48.8. The molecule has 4 heterocycles. The third kappa shape index (κ3) is 12.9. The van der Waals surface area contributed by atoms with Gasteiger partial charge in [0.2, 0.25) is 17.7 Å². The number of unbranched alkanes of at least 4 members (excludes halogenated alkanes) is 2. The number of aliphatic hydroxyl groups is 1. The number of nitrogens with one attached hydrogen (secondary N) is 2. The van der Waals surface area contributed by atoms with Gasteiger partial charge in [0.25, 0.3) is 5.69 Å². The Kier molecular flexibility index (Phi) is 16.4. The summed E-state index contributed by atoms with van der Waals surface area (Å²) in [6.07, 6.45) is 7.18. The molecule has 8 rings (SSSR count). The summed E-state index contributed by atoms with van der Waals surface area (Å²) in [5, 5.41) is 27.8. The molecule has 3 aliphatic heterocycles. The van der Waals surface area contributed by atoms with Crippen molar-refractivity contribution in [3.63, 3.8) is 0 Å². The summed E-state index contributed by atoms with van der Waals surface area (Å²) in [5.41, 5.74) is 6.52. The molecule has 4 aliphatic rings. The number of non-ortho nitro benzene ring substituents is 1. The van der Waals surface area contributed by atoms with E-state index in [0.717, 1.165) is 114 Å². The summed E-state index contributed by atoms with van der Waals surface area (Å²) in [4.78, 5) is 63.1. The van der Waals surface area contributed by atoms with Gasteiger partial charge in [0.15, 0.2) is 0 Å². The number of β-amino-alcohol motifs (C(OH)–C–C–N with tert-alkyl or cyclic N) is 1. The van der Waals surface area contributed by atoms with Crippen LogP contribution in [0.5, 0.6) is 5.75 Å². The van der Waals surface area contributed by atoms with Crippen molar-refractivity contribution in [2.75, 3.05) is 39.4 Å². The van der Waals surface area contributed by atoms with E-state index >= 15 is 0 Å². The maximum absolute atomic E-state index is 14.1. The molecule has 3 fully saturated rings. The highest BCUT2D eigenvalue weighted by Crippen LogP contribution is 2.43. The average molecular weight is 983 g/mol. The fraction of sp³-hybridized carbons (Fsp3) is 0.538. The van der Waals surface area contributed by atoms with Crippen LogP contribution in [0.4, 0.5) is 5.69 Å². The number of piperidine rings is 1. The summed E-state index contributed by atoms with van der Waals surface area (Å²) in [6, 6.07) is 17.1. The number of thiazole rings is 1. The third-order valence-corrected chi connectivity index (χ3v) is 15.9. The minimum atomic E-state index is -0.924. The molecule has 2 saturated heterocycles. The fourth-order valence-corrected chi connectivity index (χ4v) is 11.6. The van der Waals surface area contributed by atoms with Gasteiger partial charge in [-0.15, -0.1) is 11.3 Å². The Balaban J connectivity index is 0.685. The van der Waals surface area contributed by atoms with Crippen molar-refractivity contribution in [3.8, 4) is 16.2 Å². The fourth-order valence-electron chi connectivity index (χ4n) is 9.63. The number of rotatable bonds is 19. The van der Waals surface area contributed by atoms with Crippen molar-refractivity contribution in [3.05, 3.63) is 98.7 Å². The lowest BCUT2D eigenvalue weighted by Gasteiger charge is -2.40. The van der Waals surface area contributed by atoms with Gasteiger partial charge in [0.05, 0.1) is 45.4 Å². The molecule has 0 spiro atoms. The van der Waals surface area contributed by atoms with Gasteiger partial charge < -0.3 is 39.8 Å². The van der Waals surface area contributed by atoms with Crippen LogP contribution in [0.2, 0.25) is 0 Å². The Morgan fingerprint density at radius 2 is 1.65 bits per heavy atom. The van der Waals surface area contributed by atoms with Gasteiger partial charge in [0.1, 0.15) is 30.5 Å². The number of likely N-dealkylation sites (tertiary alicyclic amines) is 2. The second-order valence-corrected chi connectivity index (χ2v) is 22.0. The van der Waals surface area contributed by atoms with Crippen LogP contribution in [0.3, 0.4) is 0 Å². The van der Waals surface area contributed by atoms with Crippen LogP contribution in [0.15, 0.2) is 76.0 Å². The van der Waals surface area contributed by atoms with Gasteiger partial charge in [-0.3, -0.25) is 24.5 Å². The maximum Gasteiger partial charge on any atom is 0.270 e. The first-order valence-corrected chi connectivity index (χ1v) is 26.1. The highest BCUT2D eigenvalue weighted by Gasteiger charge is 2.45. The molecule has 3 amide bonds. The quantitative estimate of drug-likeness (QED) is 0.0412. The smallest absolute Gasteiger partial charge is 0.270 e. The van der Waals surface area contributed by atoms with Crippen molar-refractivity contribution < 1.29 is 38.6 Å². The molecule has 69 heavy (non-hydrogen) atoms. The summed E-state index contributed by atoms with van der Waals surface area (Å²) in [7, 11) is 0. The van der Waals surface area contributed by atoms with Crippen molar-refractivity contribution >= 4 is 46.5 Å². The van der Waals surface area contributed by atoms with E-state index in [9.17, 15) is 29.6 Å². The van der Waals surface area contributed by atoms with E-state index in [1.54, 1.807) is 35.2 Å². The van der Waals surface area contributed by atoms with E-state index in [4.69, 9.17) is 14.2 Å². The van der Waals surface area contributed by atoms with Crippen molar-refractivity contribution in [2.45, 2.75) is 145 Å². The highest BCUT2D eigenvalue weighted by atomic mass is 32.2. The molecule has 0 unspecified atom stereocenters.